The van der Waals surface area contributed by atoms with Crippen LogP contribution >= 0.6 is 0 Å². The molecule has 20 heavy (non-hydrogen) atoms. The molecular formula is C17H15NO2. The monoisotopic (exact) mass is 265 g/mol. The van der Waals surface area contributed by atoms with E-state index in [-0.39, 0.29) is 5.78 Å². The number of rotatable bonds is 4. The summed E-state index contributed by atoms with van der Waals surface area (Å²) in [5.74, 6) is 0.482. The maximum Gasteiger partial charge on any atom is 0.198 e. The van der Waals surface area contributed by atoms with Crippen LogP contribution < -0.4 is 0 Å². The Kier molecular flexibility index (Phi) is 3.33. The van der Waals surface area contributed by atoms with Crippen LogP contribution in [-0.4, -0.2) is 10.8 Å². The number of hydrogen-bond donors (Lipinski definition) is 0. The first kappa shape index (κ1) is 12.6. The van der Waals surface area contributed by atoms with E-state index in [4.69, 9.17) is 4.42 Å². The van der Waals surface area contributed by atoms with Crippen molar-refractivity contribution in [1.29, 1.82) is 0 Å². The highest BCUT2D eigenvalue weighted by Crippen LogP contribution is 2.22. The van der Waals surface area contributed by atoms with E-state index in [0.717, 1.165) is 22.1 Å². The predicted octanol–water partition coefficient (Wildman–Crippen LogP) is 3.95. The van der Waals surface area contributed by atoms with Gasteiger partial charge < -0.3 is 4.42 Å². The van der Waals surface area contributed by atoms with Gasteiger partial charge in [0.1, 0.15) is 5.58 Å². The average Bonchev–Trinajstić information content (AvgIpc) is 2.89. The topological polar surface area (TPSA) is 43.1 Å². The summed E-state index contributed by atoms with van der Waals surface area (Å²) < 4.78 is 5.61. The summed E-state index contributed by atoms with van der Waals surface area (Å²) in [6, 6.07) is 11.6. The molecule has 3 nitrogen and oxygen atoms in total. The van der Waals surface area contributed by atoms with Crippen molar-refractivity contribution in [1.82, 2.24) is 4.98 Å². The Labute approximate surface area is 117 Å². The van der Waals surface area contributed by atoms with E-state index < -0.39 is 0 Å². The fourth-order valence-corrected chi connectivity index (χ4v) is 2.23. The maximum atomic E-state index is 12.2. The van der Waals surface area contributed by atoms with Gasteiger partial charge >= 0.3 is 0 Å². The molecule has 0 N–H and O–H groups in total. The molecule has 0 amide bonds. The molecule has 0 aliphatic heterocycles. The van der Waals surface area contributed by atoms with E-state index in [2.05, 4.69) is 4.98 Å². The van der Waals surface area contributed by atoms with E-state index in [9.17, 15) is 4.79 Å². The van der Waals surface area contributed by atoms with Crippen LogP contribution in [0.3, 0.4) is 0 Å². The van der Waals surface area contributed by atoms with Gasteiger partial charge in [-0.2, -0.15) is 0 Å². The number of pyridine rings is 1. The van der Waals surface area contributed by atoms with E-state index >= 15 is 0 Å². The number of carbonyl (C=O) groups excluding carboxylic acids is 1. The highest BCUT2D eigenvalue weighted by molar-refractivity contribution is 5.97. The lowest BCUT2D eigenvalue weighted by molar-refractivity contribution is 0.0958. The summed E-state index contributed by atoms with van der Waals surface area (Å²) in [4.78, 5) is 16.1. The van der Waals surface area contributed by atoms with Crippen molar-refractivity contribution >= 4 is 16.8 Å². The number of hydrogen-bond acceptors (Lipinski definition) is 3. The number of aryl methyl sites for hydroxylation is 2. The van der Waals surface area contributed by atoms with Crippen LogP contribution in [0.1, 0.15) is 28.1 Å². The fourth-order valence-electron chi connectivity index (χ4n) is 2.23. The van der Waals surface area contributed by atoms with Crippen molar-refractivity contribution in [3.63, 3.8) is 0 Å². The molecule has 0 radical (unpaired) electrons. The Morgan fingerprint density at radius 1 is 1.15 bits per heavy atom. The van der Waals surface area contributed by atoms with Gasteiger partial charge in [0.25, 0.3) is 0 Å². The van der Waals surface area contributed by atoms with Crippen molar-refractivity contribution in [3.05, 3.63) is 65.7 Å². The van der Waals surface area contributed by atoms with Crippen LogP contribution in [0.25, 0.3) is 11.0 Å². The highest BCUT2D eigenvalue weighted by atomic mass is 16.3. The molecular weight excluding hydrogens is 250 g/mol. The number of furan rings is 1. The number of fused-ring (bicyclic) bond motifs is 1. The SMILES string of the molecule is Cc1ccc2oc(C(=O)CCc3ccncc3)cc2c1. The van der Waals surface area contributed by atoms with Gasteiger partial charge in [0, 0.05) is 24.2 Å². The van der Waals surface area contributed by atoms with Gasteiger partial charge in [-0.05, 0) is 49.2 Å². The molecule has 0 fully saturated rings. The van der Waals surface area contributed by atoms with Gasteiger partial charge in [-0.3, -0.25) is 9.78 Å². The third kappa shape index (κ3) is 2.62. The quantitative estimate of drug-likeness (QED) is 0.671. The summed E-state index contributed by atoms with van der Waals surface area (Å²) in [6.45, 7) is 2.03. The Bertz CT molecular complexity index is 744. The maximum absolute atomic E-state index is 12.2. The number of aromatic nitrogens is 1. The zero-order valence-electron chi connectivity index (χ0n) is 11.3. The molecule has 0 aliphatic rings. The molecule has 3 aromatic rings. The Hall–Kier alpha value is -2.42. The van der Waals surface area contributed by atoms with Crippen molar-refractivity contribution in [2.24, 2.45) is 0 Å². The molecule has 100 valence electrons. The second-order valence-electron chi connectivity index (χ2n) is 4.93. The number of nitrogens with zero attached hydrogens (tertiary/aromatic N) is 1. The van der Waals surface area contributed by atoms with Crippen molar-refractivity contribution < 1.29 is 9.21 Å². The van der Waals surface area contributed by atoms with Crippen LogP contribution in [0.5, 0.6) is 0 Å². The number of Topliss-reactive ketones (excluding diaryl/α,β-unsaturated/α-hetero) is 1. The van der Waals surface area contributed by atoms with Crippen LogP contribution in [0.15, 0.2) is 53.2 Å². The molecule has 1 aromatic carbocycles. The molecule has 3 heteroatoms. The number of ketones is 1. The average molecular weight is 265 g/mol. The minimum absolute atomic E-state index is 0.0377. The molecule has 0 aliphatic carbocycles. The third-order valence-corrected chi connectivity index (χ3v) is 3.34. The summed E-state index contributed by atoms with van der Waals surface area (Å²) >= 11 is 0. The minimum atomic E-state index is 0.0377. The normalized spacial score (nSPS) is 10.8. The molecule has 2 aromatic heterocycles. The largest absolute Gasteiger partial charge is 0.453 e. The molecule has 0 atom stereocenters. The lowest BCUT2D eigenvalue weighted by Gasteiger charge is -1.98. The minimum Gasteiger partial charge on any atom is -0.453 e. The molecule has 0 unspecified atom stereocenters. The van der Waals surface area contributed by atoms with E-state index in [1.165, 1.54) is 0 Å². The summed E-state index contributed by atoms with van der Waals surface area (Å²) in [7, 11) is 0. The molecule has 0 spiro atoms. The zero-order valence-corrected chi connectivity index (χ0v) is 11.3. The first-order valence-corrected chi connectivity index (χ1v) is 6.65. The standard InChI is InChI=1S/C17H15NO2/c1-12-2-5-16-14(10-12)11-17(20-16)15(19)4-3-13-6-8-18-9-7-13/h2,5-11H,3-4H2,1H3. The van der Waals surface area contributed by atoms with Gasteiger partial charge in [0.05, 0.1) is 0 Å². The van der Waals surface area contributed by atoms with E-state index in [1.54, 1.807) is 12.4 Å². The first-order chi connectivity index (χ1) is 9.72. The van der Waals surface area contributed by atoms with Crippen molar-refractivity contribution in [2.45, 2.75) is 19.8 Å². The fraction of sp³-hybridized carbons (Fsp3) is 0.176. The lowest BCUT2D eigenvalue weighted by Crippen LogP contribution is -1.99. The van der Waals surface area contributed by atoms with Crippen LogP contribution in [0.2, 0.25) is 0 Å². The molecule has 3 rings (SSSR count). The lowest BCUT2D eigenvalue weighted by atomic mass is 10.1. The van der Waals surface area contributed by atoms with Gasteiger partial charge in [-0.25, -0.2) is 0 Å². The van der Waals surface area contributed by atoms with Gasteiger partial charge in [-0.15, -0.1) is 0 Å². The summed E-state index contributed by atoms with van der Waals surface area (Å²) in [5.41, 5.74) is 3.04. The third-order valence-electron chi connectivity index (χ3n) is 3.34. The molecule has 0 bridgehead atoms. The number of benzene rings is 1. The van der Waals surface area contributed by atoms with Crippen molar-refractivity contribution in [3.8, 4) is 0 Å². The van der Waals surface area contributed by atoms with Crippen LogP contribution in [-0.2, 0) is 6.42 Å². The second kappa shape index (κ2) is 5.29. The molecule has 0 saturated carbocycles. The smallest absolute Gasteiger partial charge is 0.198 e. The Morgan fingerprint density at radius 2 is 1.95 bits per heavy atom. The van der Waals surface area contributed by atoms with Gasteiger partial charge in [-0.1, -0.05) is 11.6 Å². The van der Waals surface area contributed by atoms with Gasteiger partial charge in [0.2, 0.25) is 0 Å². The summed E-state index contributed by atoms with van der Waals surface area (Å²) in [5, 5.41) is 0.984. The van der Waals surface area contributed by atoms with Crippen LogP contribution in [0, 0.1) is 6.92 Å². The second-order valence-corrected chi connectivity index (χ2v) is 4.93. The molecule has 0 saturated heterocycles. The first-order valence-electron chi connectivity index (χ1n) is 6.65. The zero-order chi connectivity index (χ0) is 13.9. The summed E-state index contributed by atoms with van der Waals surface area (Å²) in [6.07, 6.45) is 4.63. The van der Waals surface area contributed by atoms with Crippen LogP contribution in [0.4, 0.5) is 0 Å². The number of carbonyl (C=O) groups is 1. The van der Waals surface area contributed by atoms with Gasteiger partial charge in [0.15, 0.2) is 11.5 Å². The van der Waals surface area contributed by atoms with E-state index in [1.807, 2.05) is 43.3 Å². The Balaban J connectivity index is 1.75. The predicted molar refractivity (Wildman–Crippen MR) is 77.8 cm³/mol. The molecule has 2 heterocycles. The van der Waals surface area contributed by atoms with Crippen molar-refractivity contribution in [2.75, 3.05) is 0 Å². The highest BCUT2D eigenvalue weighted by Gasteiger charge is 2.12. The van der Waals surface area contributed by atoms with E-state index in [0.29, 0.717) is 18.6 Å². The Morgan fingerprint density at radius 3 is 2.75 bits per heavy atom.